The molecule has 0 radical (unpaired) electrons. The van der Waals surface area contributed by atoms with Gasteiger partial charge in [-0.3, -0.25) is 5.32 Å². The SMILES string of the molecule is O=C(Nc1nc(C2CC2)cs1)NC1CC2CC1C1CCCC21. The van der Waals surface area contributed by atoms with E-state index in [9.17, 15) is 4.79 Å². The van der Waals surface area contributed by atoms with Gasteiger partial charge in [-0.2, -0.15) is 0 Å². The van der Waals surface area contributed by atoms with Crippen LogP contribution in [0.2, 0.25) is 0 Å². The molecule has 2 bridgehead atoms. The molecule has 4 saturated carbocycles. The van der Waals surface area contributed by atoms with Gasteiger partial charge >= 0.3 is 6.03 Å². The normalized spacial score (nSPS) is 39.0. The van der Waals surface area contributed by atoms with Crippen LogP contribution in [0.3, 0.4) is 0 Å². The number of urea groups is 1. The van der Waals surface area contributed by atoms with Crippen LogP contribution < -0.4 is 10.6 Å². The second-order valence-corrected chi connectivity index (χ2v) is 8.57. The summed E-state index contributed by atoms with van der Waals surface area (Å²) >= 11 is 1.55. The van der Waals surface area contributed by atoms with E-state index in [1.807, 2.05) is 0 Å². The van der Waals surface area contributed by atoms with Crippen molar-refractivity contribution in [3.05, 3.63) is 11.1 Å². The summed E-state index contributed by atoms with van der Waals surface area (Å²) in [5.74, 6) is 4.14. The molecule has 0 saturated heterocycles. The van der Waals surface area contributed by atoms with Crippen molar-refractivity contribution in [2.75, 3.05) is 5.32 Å². The molecule has 1 aromatic heterocycles. The molecule has 4 aliphatic carbocycles. The highest BCUT2D eigenvalue weighted by atomic mass is 32.1. The lowest BCUT2D eigenvalue weighted by molar-refractivity contribution is 0.203. The molecular formula is C17H23N3OS. The summed E-state index contributed by atoms with van der Waals surface area (Å²) in [5.41, 5.74) is 1.16. The van der Waals surface area contributed by atoms with Crippen LogP contribution in [0.25, 0.3) is 0 Å². The highest BCUT2D eigenvalue weighted by molar-refractivity contribution is 7.13. The molecule has 0 aromatic carbocycles. The first-order chi connectivity index (χ1) is 10.8. The Labute approximate surface area is 135 Å². The van der Waals surface area contributed by atoms with Crippen LogP contribution in [0.4, 0.5) is 9.93 Å². The largest absolute Gasteiger partial charge is 0.335 e. The number of aromatic nitrogens is 1. The van der Waals surface area contributed by atoms with Crippen molar-refractivity contribution >= 4 is 22.5 Å². The lowest BCUT2D eigenvalue weighted by Crippen LogP contribution is -2.44. The zero-order valence-electron chi connectivity index (χ0n) is 12.8. The number of thiazole rings is 1. The minimum atomic E-state index is -0.0520. The van der Waals surface area contributed by atoms with Gasteiger partial charge in [-0.1, -0.05) is 6.42 Å². The van der Waals surface area contributed by atoms with Crippen molar-refractivity contribution in [1.29, 1.82) is 0 Å². The van der Waals surface area contributed by atoms with Crippen molar-refractivity contribution in [3.8, 4) is 0 Å². The fourth-order valence-corrected chi connectivity index (χ4v) is 6.23. The smallest absolute Gasteiger partial charge is 0.321 e. The summed E-state index contributed by atoms with van der Waals surface area (Å²) in [5, 5.41) is 9.03. The quantitative estimate of drug-likeness (QED) is 0.886. The molecule has 4 fully saturated rings. The van der Waals surface area contributed by atoms with Crippen molar-refractivity contribution in [1.82, 2.24) is 10.3 Å². The van der Waals surface area contributed by atoms with E-state index >= 15 is 0 Å². The first-order valence-electron chi connectivity index (χ1n) is 8.81. The average molecular weight is 317 g/mol. The van der Waals surface area contributed by atoms with Gasteiger partial charge in [-0.25, -0.2) is 9.78 Å². The van der Waals surface area contributed by atoms with Gasteiger partial charge in [0, 0.05) is 17.3 Å². The number of nitrogens with one attached hydrogen (secondary N) is 2. The molecule has 2 amide bonds. The molecule has 4 aliphatic rings. The van der Waals surface area contributed by atoms with E-state index in [4.69, 9.17) is 0 Å². The second kappa shape index (κ2) is 4.95. The monoisotopic (exact) mass is 317 g/mol. The van der Waals surface area contributed by atoms with E-state index in [-0.39, 0.29) is 6.03 Å². The topological polar surface area (TPSA) is 54.0 Å². The number of carbonyl (C=O) groups excluding carboxylic acids is 1. The van der Waals surface area contributed by atoms with E-state index in [0.29, 0.717) is 12.0 Å². The number of hydrogen-bond donors (Lipinski definition) is 2. The highest BCUT2D eigenvalue weighted by Crippen LogP contribution is 2.58. The number of rotatable bonds is 3. The third-order valence-electron chi connectivity index (χ3n) is 6.48. The lowest BCUT2D eigenvalue weighted by Gasteiger charge is -2.31. The Morgan fingerprint density at radius 2 is 2.00 bits per heavy atom. The fraction of sp³-hybridized carbons (Fsp3) is 0.765. The fourth-order valence-electron chi connectivity index (χ4n) is 5.45. The summed E-state index contributed by atoms with van der Waals surface area (Å²) in [6.45, 7) is 0. The average Bonchev–Trinajstić information content (AvgIpc) is 2.90. The Morgan fingerprint density at radius 3 is 2.86 bits per heavy atom. The number of fused-ring (bicyclic) bond motifs is 5. The molecule has 22 heavy (non-hydrogen) atoms. The molecule has 1 aromatic rings. The summed E-state index contributed by atoms with van der Waals surface area (Å²) in [6.07, 6.45) is 9.29. The molecule has 5 heteroatoms. The molecule has 0 aliphatic heterocycles. The van der Waals surface area contributed by atoms with E-state index in [0.717, 1.165) is 34.5 Å². The Morgan fingerprint density at radius 1 is 1.14 bits per heavy atom. The lowest BCUT2D eigenvalue weighted by atomic mass is 9.79. The predicted molar refractivity (Wildman–Crippen MR) is 87.1 cm³/mol. The molecule has 5 unspecified atom stereocenters. The Balaban J connectivity index is 1.20. The summed E-state index contributed by atoms with van der Waals surface area (Å²) < 4.78 is 0. The molecule has 2 N–H and O–H groups in total. The van der Waals surface area contributed by atoms with Gasteiger partial charge in [0.15, 0.2) is 5.13 Å². The van der Waals surface area contributed by atoms with Crippen molar-refractivity contribution < 1.29 is 4.79 Å². The van der Waals surface area contributed by atoms with Gasteiger partial charge in [0.1, 0.15) is 0 Å². The van der Waals surface area contributed by atoms with E-state index < -0.39 is 0 Å². The minimum absolute atomic E-state index is 0.0520. The van der Waals surface area contributed by atoms with Crippen LogP contribution in [0.1, 0.15) is 56.6 Å². The molecular weight excluding hydrogens is 294 g/mol. The molecule has 4 nitrogen and oxygen atoms in total. The predicted octanol–water partition coefficient (Wildman–Crippen LogP) is 3.97. The highest BCUT2D eigenvalue weighted by Gasteiger charge is 2.54. The summed E-state index contributed by atoms with van der Waals surface area (Å²) in [4.78, 5) is 16.8. The number of anilines is 1. The van der Waals surface area contributed by atoms with Crippen molar-refractivity contribution in [2.45, 2.75) is 56.9 Å². The van der Waals surface area contributed by atoms with Crippen molar-refractivity contribution in [2.24, 2.45) is 23.7 Å². The van der Waals surface area contributed by atoms with Gasteiger partial charge < -0.3 is 5.32 Å². The van der Waals surface area contributed by atoms with Crippen LogP contribution >= 0.6 is 11.3 Å². The molecule has 5 atom stereocenters. The third-order valence-corrected chi connectivity index (χ3v) is 7.26. The van der Waals surface area contributed by atoms with E-state index in [2.05, 4.69) is 21.0 Å². The molecule has 5 rings (SSSR count). The van der Waals surface area contributed by atoms with Gasteiger partial charge in [0.05, 0.1) is 5.69 Å². The third kappa shape index (κ3) is 2.16. The standard InChI is InChI=1S/C17H23N3OS/c21-16(20-17-19-15(8-22-17)9-4-5-9)18-14-7-10-6-13(14)12-3-1-2-11(10)12/h8-14H,1-7H2,(H2,18,19,20,21). The Kier molecular flexibility index (Phi) is 3.00. The maximum absolute atomic E-state index is 12.3. The first kappa shape index (κ1) is 13.3. The van der Waals surface area contributed by atoms with Crippen LogP contribution in [0.15, 0.2) is 5.38 Å². The van der Waals surface area contributed by atoms with Gasteiger partial charge in [-0.05, 0) is 62.2 Å². The second-order valence-electron chi connectivity index (χ2n) is 7.71. The number of nitrogens with zero attached hydrogens (tertiary/aromatic N) is 1. The van der Waals surface area contributed by atoms with Gasteiger partial charge in [-0.15, -0.1) is 11.3 Å². The maximum Gasteiger partial charge on any atom is 0.321 e. The molecule has 0 spiro atoms. The minimum Gasteiger partial charge on any atom is -0.335 e. The molecule has 1 heterocycles. The van der Waals surface area contributed by atoms with Crippen molar-refractivity contribution in [3.63, 3.8) is 0 Å². The van der Waals surface area contributed by atoms with Crippen LogP contribution in [-0.2, 0) is 0 Å². The zero-order chi connectivity index (χ0) is 14.7. The molecule has 118 valence electrons. The number of hydrogen-bond acceptors (Lipinski definition) is 3. The Hall–Kier alpha value is -1.10. The van der Waals surface area contributed by atoms with Crippen LogP contribution in [0.5, 0.6) is 0 Å². The zero-order valence-corrected chi connectivity index (χ0v) is 13.6. The van der Waals surface area contributed by atoms with E-state index in [1.165, 1.54) is 44.9 Å². The Bertz CT molecular complexity index is 596. The maximum atomic E-state index is 12.3. The van der Waals surface area contributed by atoms with Crippen LogP contribution in [-0.4, -0.2) is 17.1 Å². The van der Waals surface area contributed by atoms with Gasteiger partial charge in [0.2, 0.25) is 0 Å². The summed E-state index contributed by atoms with van der Waals surface area (Å²) in [7, 11) is 0. The van der Waals surface area contributed by atoms with Gasteiger partial charge in [0.25, 0.3) is 0 Å². The summed E-state index contributed by atoms with van der Waals surface area (Å²) in [6, 6.07) is 0.344. The van der Waals surface area contributed by atoms with Crippen LogP contribution in [0, 0.1) is 23.7 Å². The first-order valence-corrected chi connectivity index (χ1v) is 9.69. The number of carbonyl (C=O) groups is 1. The number of amides is 2. The van der Waals surface area contributed by atoms with E-state index in [1.54, 1.807) is 11.3 Å².